The average Bonchev–Trinajstić information content (AvgIpc) is 3.09. The Bertz CT molecular complexity index is 673. The molecule has 2 aromatic heterocycles. The van der Waals surface area contributed by atoms with Crippen LogP contribution in [0, 0.1) is 10.1 Å². The summed E-state index contributed by atoms with van der Waals surface area (Å²) in [5.74, 6) is -0.411. The number of nitro groups is 1. The van der Waals surface area contributed by atoms with Crippen LogP contribution in [0.15, 0.2) is 50.0 Å². The van der Waals surface area contributed by atoms with Gasteiger partial charge < -0.3 is 8.83 Å². The summed E-state index contributed by atoms with van der Waals surface area (Å²) in [6, 6.07) is 2.15. The summed E-state index contributed by atoms with van der Waals surface area (Å²) in [5.41, 5.74) is 5.31. The zero-order valence-corrected chi connectivity index (χ0v) is 10.4. The third kappa shape index (κ3) is 4.31. The Labute approximate surface area is 117 Å². The van der Waals surface area contributed by atoms with Crippen molar-refractivity contribution in [2.45, 2.75) is 0 Å². The number of carbonyl (C=O) groups is 1. The lowest BCUT2D eigenvalue weighted by molar-refractivity contribution is -0.402. The first-order valence-electron chi connectivity index (χ1n) is 5.52. The number of rotatable bonds is 5. The Morgan fingerprint density at radius 2 is 1.95 bits per heavy atom. The lowest BCUT2D eigenvalue weighted by atomic mass is 10.4. The van der Waals surface area contributed by atoms with E-state index >= 15 is 0 Å². The molecule has 0 radical (unpaired) electrons. The molecule has 10 heteroatoms. The van der Waals surface area contributed by atoms with Crippen molar-refractivity contribution in [3.63, 3.8) is 0 Å². The molecule has 2 N–H and O–H groups in total. The second kappa shape index (κ2) is 6.65. The van der Waals surface area contributed by atoms with Crippen LogP contribution in [0.2, 0.25) is 0 Å². The summed E-state index contributed by atoms with van der Waals surface area (Å²) in [4.78, 5) is 21.0. The zero-order chi connectivity index (χ0) is 15.1. The van der Waals surface area contributed by atoms with Gasteiger partial charge in [0.1, 0.15) is 11.2 Å². The molecular weight excluding hydrogens is 282 g/mol. The van der Waals surface area contributed by atoms with E-state index in [4.69, 9.17) is 4.42 Å². The molecule has 2 aromatic rings. The fourth-order valence-corrected chi connectivity index (χ4v) is 1.21. The van der Waals surface area contributed by atoms with Crippen LogP contribution in [-0.4, -0.2) is 23.4 Å². The zero-order valence-electron chi connectivity index (χ0n) is 10.4. The van der Waals surface area contributed by atoms with Gasteiger partial charge in [-0.05, 0) is 6.07 Å². The van der Waals surface area contributed by atoms with Crippen molar-refractivity contribution in [1.82, 2.24) is 10.9 Å². The molecule has 0 saturated carbocycles. The van der Waals surface area contributed by atoms with Crippen LogP contribution in [0.3, 0.4) is 0 Å². The molecule has 2 heterocycles. The lowest BCUT2D eigenvalue weighted by Gasteiger charge is -1.95. The molecule has 21 heavy (non-hydrogen) atoms. The third-order valence-electron chi connectivity index (χ3n) is 2.09. The lowest BCUT2D eigenvalue weighted by Crippen LogP contribution is -2.28. The van der Waals surface area contributed by atoms with Gasteiger partial charge in [0.25, 0.3) is 0 Å². The number of hydrogen-bond acceptors (Lipinski definition) is 7. The third-order valence-corrected chi connectivity index (χ3v) is 2.09. The van der Waals surface area contributed by atoms with E-state index in [0.29, 0.717) is 11.1 Å². The van der Waals surface area contributed by atoms with Gasteiger partial charge in [0.05, 0.1) is 31.0 Å². The molecule has 0 aliphatic carbocycles. The maximum Gasteiger partial charge on any atom is 0.433 e. The quantitative estimate of drug-likeness (QED) is 0.488. The van der Waals surface area contributed by atoms with E-state index in [0.717, 1.165) is 6.26 Å². The number of amides is 2. The Morgan fingerprint density at radius 1 is 1.24 bits per heavy atom. The maximum atomic E-state index is 11.3. The fourth-order valence-electron chi connectivity index (χ4n) is 1.21. The predicted octanol–water partition coefficient (Wildman–Crippen LogP) is 1.45. The Balaban J connectivity index is 1.77. The largest absolute Gasteiger partial charge is 0.472 e. The van der Waals surface area contributed by atoms with Crippen LogP contribution < -0.4 is 10.9 Å². The van der Waals surface area contributed by atoms with E-state index in [1.165, 1.54) is 31.0 Å². The van der Waals surface area contributed by atoms with E-state index < -0.39 is 16.8 Å². The van der Waals surface area contributed by atoms with Crippen molar-refractivity contribution >= 4 is 24.3 Å². The highest BCUT2D eigenvalue weighted by molar-refractivity contribution is 5.83. The van der Waals surface area contributed by atoms with Crippen LogP contribution in [0.5, 0.6) is 0 Å². The van der Waals surface area contributed by atoms with Crippen LogP contribution in [0.1, 0.15) is 11.1 Å². The molecule has 0 spiro atoms. The summed E-state index contributed by atoms with van der Waals surface area (Å²) < 4.78 is 9.44. The van der Waals surface area contributed by atoms with Crippen molar-refractivity contribution in [2.24, 2.45) is 10.2 Å². The van der Waals surface area contributed by atoms with Crippen molar-refractivity contribution in [3.05, 3.63) is 52.2 Å². The van der Waals surface area contributed by atoms with E-state index in [-0.39, 0.29) is 0 Å². The molecule has 2 rings (SSSR count). The SMILES string of the molecule is O=C(NN=Cc1ccoc1)NN=Cc1coc([N+](=O)[O-])c1. The van der Waals surface area contributed by atoms with Gasteiger partial charge in [0.2, 0.25) is 0 Å². The second-order valence-electron chi connectivity index (χ2n) is 3.60. The normalized spacial score (nSPS) is 11.0. The molecule has 2 amide bonds. The highest BCUT2D eigenvalue weighted by atomic mass is 16.6. The summed E-state index contributed by atoms with van der Waals surface area (Å²) in [6.45, 7) is 0. The van der Waals surface area contributed by atoms with E-state index in [9.17, 15) is 14.9 Å². The molecule has 108 valence electrons. The van der Waals surface area contributed by atoms with Gasteiger partial charge in [0, 0.05) is 11.1 Å². The average molecular weight is 291 g/mol. The first-order chi connectivity index (χ1) is 10.1. The van der Waals surface area contributed by atoms with Crippen molar-refractivity contribution < 1.29 is 18.6 Å². The minimum Gasteiger partial charge on any atom is -0.472 e. The van der Waals surface area contributed by atoms with Gasteiger partial charge in [-0.3, -0.25) is 10.1 Å². The van der Waals surface area contributed by atoms with Crippen LogP contribution >= 0.6 is 0 Å². The minimum atomic E-state index is -0.679. The van der Waals surface area contributed by atoms with Crippen LogP contribution in [-0.2, 0) is 0 Å². The Morgan fingerprint density at radius 3 is 2.52 bits per heavy atom. The Kier molecular flexibility index (Phi) is 4.43. The van der Waals surface area contributed by atoms with Crippen molar-refractivity contribution in [3.8, 4) is 0 Å². The van der Waals surface area contributed by atoms with Gasteiger partial charge in [-0.15, -0.1) is 0 Å². The Hall–Kier alpha value is -3.43. The van der Waals surface area contributed by atoms with E-state index in [1.807, 2.05) is 0 Å². The van der Waals surface area contributed by atoms with E-state index in [1.54, 1.807) is 6.07 Å². The molecule has 0 saturated heterocycles. The smallest absolute Gasteiger partial charge is 0.433 e. The molecular formula is C11H9N5O5. The number of nitrogens with zero attached hydrogens (tertiary/aromatic N) is 3. The molecule has 0 atom stereocenters. The van der Waals surface area contributed by atoms with Crippen LogP contribution in [0.25, 0.3) is 0 Å². The van der Waals surface area contributed by atoms with E-state index in [2.05, 4.69) is 25.5 Å². The molecule has 10 nitrogen and oxygen atoms in total. The summed E-state index contributed by atoms with van der Waals surface area (Å²) in [6.07, 6.45) is 6.63. The van der Waals surface area contributed by atoms with Gasteiger partial charge in [-0.1, -0.05) is 0 Å². The van der Waals surface area contributed by atoms with Crippen molar-refractivity contribution in [2.75, 3.05) is 0 Å². The summed E-state index contributed by atoms with van der Waals surface area (Å²) in [5, 5.41) is 17.6. The fraction of sp³-hybridized carbons (Fsp3) is 0. The number of hydrogen-bond donors (Lipinski definition) is 2. The molecule has 0 aliphatic heterocycles. The maximum absolute atomic E-state index is 11.3. The molecule has 0 bridgehead atoms. The van der Waals surface area contributed by atoms with Gasteiger partial charge in [-0.2, -0.15) is 10.2 Å². The highest BCUT2D eigenvalue weighted by Gasteiger charge is 2.10. The first-order valence-corrected chi connectivity index (χ1v) is 5.52. The molecule has 0 aliphatic rings. The molecule has 0 fully saturated rings. The van der Waals surface area contributed by atoms with Gasteiger partial charge >= 0.3 is 11.9 Å². The predicted molar refractivity (Wildman–Crippen MR) is 70.9 cm³/mol. The second-order valence-corrected chi connectivity index (χ2v) is 3.60. The van der Waals surface area contributed by atoms with Crippen molar-refractivity contribution in [1.29, 1.82) is 0 Å². The summed E-state index contributed by atoms with van der Waals surface area (Å²) >= 11 is 0. The number of hydrazone groups is 2. The first kappa shape index (κ1) is 14.0. The van der Waals surface area contributed by atoms with Gasteiger partial charge in [0.15, 0.2) is 0 Å². The number of furan rings is 2. The number of urea groups is 1. The monoisotopic (exact) mass is 291 g/mol. The highest BCUT2D eigenvalue weighted by Crippen LogP contribution is 2.13. The van der Waals surface area contributed by atoms with Crippen LogP contribution in [0.4, 0.5) is 10.7 Å². The van der Waals surface area contributed by atoms with Gasteiger partial charge in [-0.25, -0.2) is 15.6 Å². The standard InChI is InChI=1S/C11H9N5O5/c17-11(14-12-4-8-1-2-20-6-8)15-13-5-9-3-10(16(18)19)21-7-9/h1-7H,(H2,14,15,17). The number of carbonyl (C=O) groups excluding carboxylic acids is 1. The minimum absolute atomic E-state index is 0.337. The molecule has 0 aromatic carbocycles. The topological polar surface area (TPSA) is 135 Å². The summed E-state index contributed by atoms with van der Waals surface area (Å²) in [7, 11) is 0. The molecule has 0 unspecified atom stereocenters. The number of nitrogens with one attached hydrogen (secondary N) is 2.